The van der Waals surface area contributed by atoms with Gasteiger partial charge in [0.1, 0.15) is 16.3 Å². The Kier molecular flexibility index (Phi) is 5.05. The third kappa shape index (κ3) is 3.81. The van der Waals surface area contributed by atoms with Crippen LogP contribution in [0, 0.1) is 6.92 Å². The molecule has 0 fully saturated rings. The highest BCUT2D eigenvalue weighted by Gasteiger charge is 2.31. The molecule has 1 aliphatic rings. The molecule has 0 saturated heterocycles. The maximum absolute atomic E-state index is 12.7. The Morgan fingerprint density at radius 2 is 2.07 bits per heavy atom. The number of hydrogen-bond donors (Lipinski definition) is 2. The van der Waals surface area contributed by atoms with Crippen molar-refractivity contribution in [2.45, 2.75) is 11.8 Å². The lowest BCUT2D eigenvalue weighted by atomic mass is 10.2. The maximum atomic E-state index is 12.7. The zero-order chi connectivity index (χ0) is 20.5. The molecule has 0 aliphatic carbocycles. The minimum atomic E-state index is -4.33. The Balaban J connectivity index is 1.86. The summed E-state index contributed by atoms with van der Waals surface area (Å²) in [4.78, 5) is 32.8. The van der Waals surface area contributed by atoms with E-state index in [1.165, 1.54) is 37.3 Å². The Morgan fingerprint density at radius 3 is 2.79 bits per heavy atom. The van der Waals surface area contributed by atoms with Crippen molar-refractivity contribution in [1.29, 1.82) is 0 Å². The highest BCUT2D eigenvalue weighted by Crippen LogP contribution is 2.36. The van der Waals surface area contributed by atoms with E-state index in [9.17, 15) is 18.0 Å². The zero-order valence-corrected chi connectivity index (χ0v) is 16.0. The van der Waals surface area contributed by atoms with E-state index in [0.29, 0.717) is 5.69 Å². The van der Waals surface area contributed by atoms with Gasteiger partial charge in [0.25, 0.3) is 15.9 Å². The Labute approximate surface area is 160 Å². The van der Waals surface area contributed by atoms with E-state index in [4.69, 9.17) is 9.47 Å². The van der Waals surface area contributed by atoms with Gasteiger partial charge in [-0.2, -0.15) is 4.98 Å². The summed E-state index contributed by atoms with van der Waals surface area (Å²) in [6.45, 7) is 1.46. The number of para-hydroxylation sites is 1. The van der Waals surface area contributed by atoms with Crippen LogP contribution in [0.2, 0.25) is 0 Å². The van der Waals surface area contributed by atoms with Crippen LogP contribution in [0.5, 0.6) is 11.6 Å². The van der Waals surface area contributed by atoms with E-state index in [0.717, 1.165) is 0 Å². The van der Waals surface area contributed by atoms with Crippen molar-refractivity contribution in [3.63, 3.8) is 0 Å². The predicted octanol–water partition coefficient (Wildman–Crippen LogP) is 0.659. The lowest BCUT2D eigenvalue weighted by Crippen LogP contribution is -2.39. The number of sulfonamides is 1. The first-order chi connectivity index (χ1) is 13.2. The fourth-order valence-corrected chi connectivity index (χ4v) is 3.69. The van der Waals surface area contributed by atoms with Gasteiger partial charge >= 0.3 is 6.03 Å². The molecular weight excluding hydrogens is 390 g/mol. The van der Waals surface area contributed by atoms with E-state index in [1.807, 2.05) is 4.72 Å². The van der Waals surface area contributed by atoms with Crippen LogP contribution < -0.4 is 24.4 Å². The van der Waals surface area contributed by atoms with Crippen LogP contribution in [-0.2, 0) is 14.8 Å². The highest BCUT2D eigenvalue weighted by atomic mass is 32.2. The first-order valence-corrected chi connectivity index (χ1v) is 9.45. The molecule has 0 bridgehead atoms. The molecule has 148 valence electrons. The minimum absolute atomic E-state index is 0.0486. The van der Waals surface area contributed by atoms with Gasteiger partial charge in [0.2, 0.25) is 11.8 Å². The molecule has 1 aromatic heterocycles. The average Bonchev–Trinajstić information content (AvgIpc) is 2.63. The summed E-state index contributed by atoms with van der Waals surface area (Å²) in [7, 11) is -1.50. The van der Waals surface area contributed by atoms with E-state index in [-0.39, 0.29) is 34.8 Å². The Morgan fingerprint density at radius 1 is 1.32 bits per heavy atom. The number of methoxy groups -OCH3 is 1. The number of benzene rings is 1. The summed E-state index contributed by atoms with van der Waals surface area (Å²) in [5.41, 5.74) is 0.562. The first kappa shape index (κ1) is 19.4. The second-order valence-corrected chi connectivity index (χ2v) is 7.43. The molecule has 3 amide bonds. The number of ether oxygens (including phenoxy) is 2. The number of nitrogens with zero attached hydrogens (tertiary/aromatic N) is 3. The number of anilines is 2. The van der Waals surface area contributed by atoms with Gasteiger partial charge in [-0.05, 0) is 19.1 Å². The van der Waals surface area contributed by atoms with Crippen molar-refractivity contribution < 1.29 is 27.5 Å². The molecule has 0 atom stereocenters. The lowest BCUT2D eigenvalue weighted by Gasteiger charge is -2.27. The van der Waals surface area contributed by atoms with Crippen LogP contribution in [0.4, 0.5) is 16.4 Å². The smallest absolute Gasteiger partial charge is 0.335 e. The van der Waals surface area contributed by atoms with Gasteiger partial charge in [0.15, 0.2) is 6.61 Å². The van der Waals surface area contributed by atoms with Gasteiger partial charge in [0, 0.05) is 18.8 Å². The van der Waals surface area contributed by atoms with Crippen molar-refractivity contribution in [2.75, 3.05) is 31.0 Å². The van der Waals surface area contributed by atoms with E-state index in [2.05, 4.69) is 15.3 Å². The summed E-state index contributed by atoms with van der Waals surface area (Å²) >= 11 is 0. The molecule has 11 nitrogen and oxygen atoms in total. The SMILES string of the molecule is COc1cc(C)nc(NC(=O)NS(=O)(=O)c2cccc3c2N(C)C(=O)CO3)n1. The molecule has 0 unspecified atom stereocenters. The van der Waals surface area contributed by atoms with Gasteiger partial charge in [-0.25, -0.2) is 22.9 Å². The Hall–Kier alpha value is -3.41. The van der Waals surface area contributed by atoms with Gasteiger partial charge in [-0.1, -0.05) is 6.07 Å². The molecule has 1 aliphatic heterocycles. The topological polar surface area (TPSA) is 140 Å². The fraction of sp³-hybridized carbons (Fsp3) is 0.250. The summed E-state index contributed by atoms with van der Waals surface area (Å²) in [6, 6.07) is 4.71. The molecule has 2 aromatic rings. The number of hydrogen-bond acceptors (Lipinski definition) is 8. The van der Waals surface area contributed by atoms with Crippen molar-refractivity contribution in [3.8, 4) is 11.6 Å². The number of carbonyl (C=O) groups excluding carboxylic acids is 2. The van der Waals surface area contributed by atoms with Crippen LogP contribution in [-0.4, -0.2) is 51.1 Å². The first-order valence-electron chi connectivity index (χ1n) is 7.97. The molecule has 0 radical (unpaired) electrons. The summed E-state index contributed by atoms with van der Waals surface area (Å²) in [6.07, 6.45) is 0. The standard InChI is InChI=1S/C16H17N5O6S/c1-9-7-12(26-3)18-15(17-9)19-16(23)20-28(24,25)11-6-4-5-10-14(11)21(2)13(22)8-27-10/h4-7H,8H2,1-3H3,(H2,17,18,19,20,23). The van der Waals surface area contributed by atoms with E-state index >= 15 is 0 Å². The van der Waals surface area contributed by atoms with Gasteiger partial charge < -0.3 is 14.4 Å². The van der Waals surface area contributed by atoms with Crippen molar-refractivity contribution in [1.82, 2.24) is 14.7 Å². The normalized spacial score (nSPS) is 13.4. The van der Waals surface area contributed by atoms with Gasteiger partial charge in [0.05, 0.1) is 7.11 Å². The number of aryl methyl sites for hydroxylation is 1. The van der Waals surface area contributed by atoms with Crippen LogP contribution in [0.1, 0.15) is 5.69 Å². The van der Waals surface area contributed by atoms with E-state index < -0.39 is 22.0 Å². The number of aromatic nitrogens is 2. The maximum Gasteiger partial charge on any atom is 0.335 e. The lowest BCUT2D eigenvalue weighted by molar-refractivity contribution is -0.121. The second-order valence-electron chi connectivity index (χ2n) is 5.78. The van der Waals surface area contributed by atoms with Crippen LogP contribution in [0.25, 0.3) is 0 Å². The molecule has 3 rings (SSSR count). The number of urea groups is 1. The number of likely N-dealkylation sites (N-methyl/N-ethyl adjacent to an activating group) is 1. The number of amides is 3. The number of nitrogens with one attached hydrogen (secondary N) is 2. The van der Waals surface area contributed by atoms with Gasteiger partial charge in [-0.15, -0.1) is 0 Å². The van der Waals surface area contributed by atoms with E-state index in [1.54, 1.807) is 13.0 Å². The molecule has 28 heavy (non-hydrogen) atoms. The number of rotatable bonds is 4. The third-order valence-corrected chi connectivity index (χ3v) is 5.17. The molecular formula is C16H17N5O6S. The van der Waals surface area contributed by atoms with Crippen molar-refractivity contribution in [3.05, 3.63) is 30.0 Å². The second kappa shape index (κ2) is 7.31. The molecule has 1 aromatic carbocycles. The quantitative estimate of drug-likeness (QED) is 0.753. The fourth-order valence-electron chi connectivity index (χ4n) is 2.53. The molecule has 2 heterocycles. The number of carbonyl (C=O) groups is 2. The summed E-state index contributed by atoms with van der Waals surface area (Å²) < 4.78 is 37.5. The highest BCUT2D eigenvalue weighted by molar-refractivity contribution is 7.90. The monoisotopic (exact) mass is 407 g/mol. The van der Waals surface area contributed by atoms with Crippen molar-refractivity contribution >= 4 is 33.6 Å². The largest absolute Gasteiger partial charge is 0.482 e. The van der Waals surface area contributed by atoms with Crippen LogP contribution >= 0.6 is 0 Å². The molecule has 2 N–H and O–H groups in total. The minimum Gasteiger partial charge on any atom is -0.482 e. The third-order valence-electron chi connectivity index (χ3n) is 3.80. The van der Waals surface area contributed by atoms with Gasteiger partial charge in [-0.3, -0.25) is 10.1 Å². The number of fused-ring (bicyclic) bond motifs is 1. The molecule has 0 spiro atoms. The summed E-state index contributed by atoms with van der Waals surface area (Å²) in [5, 5.41) is 2.24. The van der Waals surface area contributed by atoms with Crippen LogP contribution in [0.15, 0.2) is 29.2 Å². The van der Waals surface area contributed by atoms with Crippen molar-refractivity contribution in [2.24, 2.45) is 0 Å². The Bertz CT molecular complexity index is 1060. The van der Waals surface area contributed by atoms with Crippen LogP contribution in [0.3, 0.4) is 0 Å². The molecule has 0 saturated carbocycles. The average molecular weight is 407 g/mol. The summed E-state index contributed by atoms with van der Waals surface area (Å²) in [5.74, 6) is -0.118. The zero-order valence-electron chi connectivity index (χ0n) is 15.2. The molecule has 12 heteroatoms. The predicted molar refractivity (Wildman–Crippen MR) is 98.0 cm³/mol.